The summed E-state index contributed by atoms with van der Waals surface area (Å²) in [6.45, 7) is 0. The van der Waals surface area contributed by atoms with Crippen LogP contribution in [0.1, 0.15) is 30.9 Å². The van der Waals surface area contributed by atoms with E-state index in [9.17, 15) is 0 Å². The van der Waals surface area contributed by atoms with Crippen molar-refractivity contribution in [3.05, 3.63) is 58.1 Å². The number of allylic oxidation sites excluding steroid dienone is 1. The Hall–Kier alpha value is -1.12. The smallest absolute Gasteiger partial charge is 0.0533 e. The van der Waals surface area contributed by atoms with Gasteiger partial charge in [0.25, 0.3) is 0 Å². The van der Waals surface area contributed by atoms with Crippen LogP contribution in [0.5, 0.6) is 0 Å². The summed E-state index contributed by atoms with van der Waals surface area (Å²) >= 11 is 3.53. The maximum Gasteiger partial charge on any atom is 0.0533 e. The van der Waals surface area contributed by atoms with Crippen molar-refractivity contribution in [2.75, 3.05) is 7.05 Å². The number of halogens is 1. The molecule has 1 atom stereocenters. The average molecular weight is 316 g/mol. The van der Waals surface area contributed by atoms with Crippen LogP contribution in [0.25, 0.3) is 10.8 Å². The highest BCUT2D eigenvalue weighted by Gasteiger charge is 2.17. The fraction of sp³-hybridized carbons (Fsp3) is 0.294. The monoisotopic (exact) mass is 315 g/mol. The predicted molar refractivity (Wildman–Crippen MR) is 85.4 cm³/mol. The van der Waals surface area contributed by atoms with Gasteiger partial charge < -0.3 is 5.32 Å². The molecule has 1 aliphatic carbocycles. The molecule has 2 heteroatoms. The van der Waals surface area contributed by atoms with E-state index in [2.05, 4.69) is 70.8 Å². The van der Waals surface area contributed by atoms with Crippen LogP contribution in [0.3, 0.4) is 0 Å². The van der Waals surface area contributed by atoms with Gasteiger partial charge in [-0.25, -0.2) is 0 Å². The second-order valence-electron chi connectivity index (χ2n) is 5.14. The molecule has 0 aromatic heterocycles. The molecule has 0 radical (unpaired) electrons. The lowest BCUT2D eigenvalue weighted by Crippen LogP contribution is -2.17. The Morgan fingerprint density at radius 2 is 1.89 bits per heavy atom. The van der Waals surface area contributed by atoms with E-state index in [1.807, 2.05) is 0 Å². The first kappa shape index (κ1) is 12.9. The second kappa shape index (κ2) is 5.48. The van der Waals surface area contributed by atoms with Gasteiger partial charge in [-0.05, 0) is 60.8 Å². The quantitative estimate of drug-likeness (QED) is 0.788. The summed E-state index contributed by atoms with van der Waals surface area (Å²) in [5, 5.41) is 6.05. The Morgan fingerprint density at radius 3 is 2.63 bits per heavy atom. The molecular weight excluding hydrogens is 298 g/mol. The van der Waals surface area contributed by atoms with E-state index in [1.165, 1.54) is 35.6 Å². The zero-order valence-corrected chi connectivity index (χ0v) is 12.7. The molecule has 1 nitrogen and oxygen atoms in total. The van der Waals surface area contributed by atoms with Crippen molar-refractivity contribution < 1.29 is 0 Å². The summed E-state index contributed by atoms with van der Waals surface area (Å²) in [6, 6.07) is 13.6. The number of hydrogen-bond acceptors (Lipinski definition) is 1. The average Bonchev–Trinajstić information content (AvgIpc) is 2.93. The minimum atomic E-state index is 0.371. The van der Waals surface area contributed by atoms with E-state index in [1.54, 1.807) is 5.57 Å². The molecule has 2 aromatic carbocycles. The fourth-order valence-corrected chi connectivity index (χ4v) is 3.32. The van der Waals surface area contributed by atoms with Gasteiger partial charge in [-0.1, -0.05) is 45.8 Å². The van der Waals surface area contributed by atoms with E-state index in [4.69, 9.17) is 0 Å². The van der Waals surface area contributed by atoms with Crippen LogP contribution in [-0.4, -0.2) is 7.05 Å². The number of fused-ring (bicyclic) bond motifs is 1. The Labute approximate surface area is 122 Å². The molecule has 0 spiro atoms. The molecule has 0 saturated carbocycles. The molecule has 0 saturated heterocycles. The lowest BCUT2D eigenvalue weighted by molar-refractivity contribution is 0.656. The lowest BCUT2D eigenvalue weighted by Gasteiger charge is -2.19. The standard InChI is InChI=1S/C17H18BrN/c1-19-17(12-4-2-3-5-12)15-7-6-14-11-16(18)9-8-13(14)10-15/h4,6-11,17,19H,2-3,5H2,1H3. The van der Waals surface area contributed by atoms with E-state index in [0.717, 1.165) is 4.47 Å². The summed E-state index contributed by atoms with van der Waals surface area (Å²) in [6.07, 6.45) is 6.15. The first-order chi connectivity index (χ1) is 9.28. The Balaban J connectivity index is 2.01. The van der Waals surface area contributed by atoms with Crippen LogP contribution in [-0.2, 0) is 0 Å². The van der Waals surface area contributed by atoms with Crippen molar-refractivity contribution in [1.29, 1.82) is 0 Å². The fourth-order valence-electron chi connectivity index (χ4n) is 2.94. The van der Waals surface area contributed by atoms with Crippen LogP contribution in [0.2, 0.25) is 0 Å². The Bertz CT molecular complexity index is 630. The summed E-state index contributed by atoms with van der Waals surface area (Å²) in [7, 11) is 2.05. The zero-order valence-electron chi connectivity index (χ0n) is 11.1. The summed E-state index contributed by atoms with van der Waals surface area (Å²) < 4.78 is 1.14. The van der Waals surface area contributed by atoms with E-state index >= 15 is 0 Å². The highest BCUT2D eigenvalue weighted by atomic mass is 79.9. The van der Waals surface area contributed by atoms with Gasteiger partial charge in [-0.3, -0.25) is 0 Å². The maximum atomic E-state index is 3.53. The molecule has 0 amide bonds. The van der Waals surface area contributed by atoms with E-state index < -0.39 is 0 Å². The van der Waals surface area contributed by atoms with Crippen LogP contribution in [0.4, 0.5) is 0 Å². The number of nitrogens with one attached hydrogen (secondary N) is 1. The van der Waals surface area contributed by atoms with Gasteiger partial charge in [0, 0.05) is 4.47 Å². The van der Waals surface area contributed by atoms with E-state index in [-0.39, 0.29) is 0 Å². The van der Waals surface area contributed by atoms with Crippen molar-refractivity contribution in [1.82, 2.24) is 5.32 Å². The van der Waals surface area contributed by atoms with Crippen LogP contribution in [0, 0.1) is 0 Å². The third-order valence-electron chi connectivity index (χ3n) is 3.90. The van der Waals surface area contributed by atoms with Gasteiger partial charge in [0.05, 0.1) is 6.04 Å². The van der Waals surface area contributed by atoms with Crippen molar-refractivity contribution in [2.45, 2.75) is 25.3 Å². The first-order valence-electron chi connectivity index (χ1n) is 6.83. The normalized spacial score (nSPS) is 16.6. The zero-order chi connectivity index (χ0) is 13.2. The van der Waals surface area contributed by atoms with Crippen molar-refractivity contribution in [3.8, 4) is 0 Å². The van der Waals surface area contributed by atoms with Gasteiger partial charge in [0.2, 0.25) is 0 Å². The largest absolute Gasteiger partial charge is 0.310 e. The molecule has 3 rings (SSSR count). The molecule has 98 valence electrons. The van der Waals surface area contributed by atoms with Crippen LogP contribution < -0.4 is 5.32 Å². The molecule has 0 bridgehead atoms. The van der Waals surface area contributed by atoms with Gasteiger partial charge >= 0.3 is 0 Å². The second-order valence-corrected chi connectivity index (χ2v) is 6.06. The molecule has 0 fully saturated rings. The maximum absolute atomic E-state index is 3.53. The molecule has 0 heterocycles. The SMILES string of the molecule is CNC(C1=CCCC1)c1ccc2cc(Br)ccc2c1. The minimum Gasteiger partial charge on any atom is -0.310 e. The molecule has 1 unspecified atom stereocenters. The highest BCUT2D eigenvalue weighted by molar-refractivity contribution is 9.10. The lowest BCUT2D eigenvalue weighted by atomic mass is 9.96. The Kier molecular flexibility index (Phi) is 3.72. The number of benzene rings is 2. The third-order valence-corrected chi connectivity index (χ3v) is 4.39. The molecule has 1 N–H and O–H groups in total. The highest BCUT2D eigenvalue weighted by Crippen LogP contribution is 2.32. The molecule has 2 aromatic rings. The first-order valence-corrected chi connectivity index (χ1v) is 7.62. The summed E-state index contributed by atoms with van der Waals surface area (Å²) in [4.78, 5) is 0. The predicted octanol–water partition coefficient (Wildman–Crippen LogP) is 4.97. The van der Waals surface area contributed by atoms with E-state index in [0.29, 0.717) is 6.04 Å². The van der Waals surface area contributed by atoms with Crippen LogP contribution >= 0.6 is 15.9 Å². The number of rotatable bonds is 3. The number of likely N-dealkylation sites (N-methyl/N-ethyl adjacent to an activating group) is 1. The van der Waals surface area contributed by atoms with Crippen molar-refractivity contribution >= 4 is 26.7 Å². The summed E-state index contributed by atoms with van der Waals surface area (Å²) in [5.74, 6) is 0. The van der Waals surface area contributed by atoms with Gasteiger partial charge in [-0.2, -0.15) is 0 Å². The van der Waals surface area contributed by atoms with Gasteiger partial charge in [-0.15, -0.1) is 0 Å². The van der Waals surface area contributed by atoms with Gasteiger partial charge in [0.1, 0.15) is 0 Å². The molecule has 0 aliphatic heterocycles. The Morgan fingerprint density at radius 1 is 1.11 bits per heavy atom. The van der Waals surface area contributed by atoms with Gasteiger partial charge in [0.15, 0.2) is 0 Å². The topological polar surface area (TPSA) is 12.0 Å². The third kappa shape index (κ3) is 2.60. The van der Waals surface area contributed by atoms with Crippen LogP contribution in [0.15, 0.2) is 52.5 Å². The molecule has 1 aliphatic rings. The molecular formula is C17H18BrN. The minimum absolute atomic E-state index is 0.371. The number of hydrogen-bond donors (Lipinski definition) is 1. The van der Waals surface area contributed by atoms with Crippen molar-refractivity contribution in [3.63, 3.8) is 0 Å². The molecule has 19 heavy (non-hydrogen) atoms. The van der Waals surface area contributed by atoms with Crippen molar-refractivity contribution in [2.24, 2.45) is 0 Å². The summed E-state index contributed by atoms with van der Waals surface area (Å²) in [5.41, 5.74) is 2.91.